The van der Waals surface area contributed by atoms with Gasteiger partial charge in [0.15, 0.2) is 0 Å². The number of methoxy groups -OCH3 is 1. The Morgan fingerprint density at radius 1 is 1.14 bits per heavy atom. The smallest absolute Gasteiger partial charge is 0.309 e. The number of phenols is 1. The van der Waals surface area contributed by atoms with E-state index in [2.05, 4.69) is 18.2 Å². The first-order valence-electron chi connectivity index (χ1n) is 10.6. The summed E-state index contributed by atoms with van der Waals surface area (Å²) in [6.07, 6.45) is 4.19. The SMILES string of the molecule is COC(=O)[C@@H](C)[C@H](c1ccc2c(c1)OC(c1cc(C)c(O)cc1C)CC2)C1CC1. The molecule has 2 aromatic carbocycles. The summed E-state index contributed by atoms with van der Waals surface area (Å²) in [4.78, 5) is 12.2. The van der Waals surface area contributed by atoms with E-state index in [1.54, 1.807) is 0 Å². The van der Waals surface area contributed by atoms with Gasteiger partial charge < -0.3 is 14.6 Å². The summed E-state index contributed by atoms with van der Waals surface area (Å²) in [5.41, 5.74) is 5.45. The molecule has 3 atom stereocenters. The number of benzene rings is 2. The zero-order valence-corrected chi connectivity index (χ0v) is 17.7. The average Bonchev–Trinajstić information content (AvgIpc) is 3.54. The largest absolute Gasteiger partial charge is 0.508 e. The van der Waals surface area contributed by atoms with Crippen molar-refractivity contribution in [2.24, 2.45) is 11.8 Å². The normalized spacial score (nSPS) is 20.3. The Morgan fingerprint density at radius 3 is 2.59 bits per heavy atom. The summed E-state index contributed by atoms with van der Waals surface area (Å²) in [5.74, 6) is 1.67. The first-order valence-corrected chi connectivity index (χ1v) is 10.6. The van der Waals surface area contributed by atoms with Gasteiger partial charge in [0.25, 0.3) is 0 Å². The predicted molar refractivity (Wildman–Crippen MR) is 112 cm³/mol. The number of carbonyl (C=O) groups is 1. The van der Waals surface area contributed by atoms with Crippen LogP contribution in [-0.4, -0.2) is 18.2 Å². The second-order valence-corrected chi connectivity index (χ2v) is 8.68. The maximum absolute atomic E-state index is 12.2. The van der Waals surface area contributed by atoms with Crippen LogP contribution in [0.4, 0.5) is 0 Å². The van der Waals surface area contributed by atoms with E-state index in [1.165, 1.54) is 31.1 Å². The molecule has 29 heavy (non-hydrogen) atoms. The lowest BCUT2D eigenvalue weighted by molar-refractivity contribution is -0.145. The van der Waals surface area contributed by atoms with E-state index in [4.69, 9.17) is 9.47 Å². The van der Waals surface area contributed by atoms with Crippen molar-refractivity contribution in [2.45, 2.75) is 58.5 Å². The number of aromatic hydroxyl groups is 1. The lowest BCUT2D eigenvalue weighted by Gasteiger charge is -2.30. The van der Waals surface area contributed by atoms with E-state index in [9.17, 15) is 9.90 Å². The molecule has 0 bridgehead atoms. The third-order valence-corrected chi connectivity index (χ3v) is 6.59. The minimum atomic E-state index is -0.160. The third kappa shape index (κ3) is 3.85. The lowest BCUT2D eigenvalue weighted by atomic mass is 9.82. The molecular weight excluding hydrogens is 364 g/mol. The van der Waals surface area contributed by atoms with E-state index in [0.29, 0.717) is 11.7 Å². The number of esters is 1. The molecular formula is C25H30O4. The van der Waals surface area contributed by atoms with E-state index in [0.717, 1.165) is 35.3 Å². The summed E-state index contributed by atoms with van der Waals surface area (Å²) in [7, 11) is 1.46. The minimum Gasteiger partial charge on any atom is -0.508 e. The van der Waals surface area contributed by atoms with Crippen LogP contribution in [0.1, 0.15) is 66.0 Å². The van der Waals surface area contributed by atoms with Gasteiger partial charge in [-0.1, -0.05) is 19.1 Å². The van der Waals surface area contributed by atoms with Crippen molar-refractivity contribution in [2.75, 3.05) is 7.11 Å². The minimum absolute atomic E-state index is 0.0190. The molecule has 1 aliphatic carbocycles. The molecule has 4 nitrogen and oxygen atoms in total. The Morgan fingerprint density at radius 2 is 1.90 bits per heavy atom. The molecule has 1 aliphatic heterocycles. The van der Waals surface area contributed by atoms with Crippen LogP contribution in [0.3, 0.4) is 0 Å². The molecule has 154 valence electrons. The van der Waals surface area contributed by atoms with Crippen molar-refractivity contribution in [1.82, 2.24) is 0 Å². The van der Waals surface area contributed by atoms with Crippen LogP contribution in [0.15, 0.2) is 30.3 Å². The molecule has 1 heterocycles. The fourth-order valence-corrected chi connectivity index (χ4v) is 4.74. The molecule has 1 unspecified atom stereocenters. The zero-order valence-electron chi connectivity index (χ0n) is 17.7. The Hall–Kier alpha value is -2.49. The lowest BCUT2D eigenvalue weighted by Crippen LogP contribution is -2.23. The summed E-state index contributed by atoms with van der Waals surface area (Å²) >= 11 is 0. The molecule has 1 N–H and O–H groups in total. The third-order valence-electron chi connectivity index (χ3n) is 6.59. The van der Waals surface area contributed by atoms with Crippen LogP contribution in [0, 0.1) is 25.7 Å². The van der Waals surface area contributed by atoms with E-state index >= 15 is 0 Å². The van der Waals surface area contributed by atoms with Crippen molar-refractivity contribution >= 4 is 5.97 Å². The average molecular weight is 395 g/mol. The summed E-state index contributed by atoms with van der Waals surface area (Å²) in [6, 6.07) is 10.3. The van der Waals surface area contributed by atoms with Crippen LogP contribution < -0.4 is 4.74 Å². The number of hydrogen-bond acceptors (Lipinski definition) is 4. The Bertz CT molecular complexity index is 929. The fraction of sp³-hybridized carbons (Fsp3) is 0.480. The topological polar surface area (TPSA) is 55.8 Å². The van der Waals surface area contributed by atoms with Crippen LogP contribution in [0.25, 0.3) is 0 Å². The summed E-state index contributed by atoms with van der Waals surface area (Å²) < 4.78 is 11.5. The van der Waals surface area contributed by atoms with Crippen LogP contribution >= 0.6 is 0 Å². The van der Waals surface area contributed by atoms with E-state index in [1.807, 2.05) is 32.9 Å². The predicted octanol–water partition coefficient (Wildman–Crippen LogP) is 5.38. The second kappa shape index (κ2) is 7.74. The number of carbonyl (C=O) groups excluding carboxylic acids is 1. The van der Waals surface area contributed by atoms with Gasteiger partial charge in [0, 0.05) is 0 Å². The van der Waals surface area contributed by atoms with Crippen molar-refractivity contribution in [3.05, 3.63) is 58.1 Å². The molecule has 4 rings (SSSR count). The second-order valence-electron chi connectivity index (χ2n) is 8.68. The number of phenolic OH excluding ortho intramolecular Hbond substituents is 1. The maximum atomic E-state index is 12.2. The summed E-state index contributed by atoms with van der Waals surface area (Å²) in [5, 5.41) is 9.97. The van der Waals surface area contributed by atoms with Crippen LogP contribution in [-0.2, 0) is 16.0 Å². The van der Waals surface area contributed by atoms with Gasteiger partial charge in [-0.25, -0.2) is 0 Å². The molecule has 2 aromatic rings. The van der Waals surface area contributed by atoms with Gasteiger partial charge in [0.2, 0.25) is 0 Å². The Kier molecular flexibility index (Phi) is 5.28. The standard InChI is InChI=1S/C25H30O4/c1-14-12-21(26)15(2)11-20(14)22-10-9-17-5-8-19(13-23(17)29-22)24(18-6-7-18)16(3)25(27)28-4/h5,8,11-13,16,18,22,24,26H,6-7,9-10H2,1-4H3/t16-,22?,24-/m0/s1. The highest BCUT2D eigenvalue weighted by Gasteiger charge is 2.39. The Labute approximate surface area is 172 Å². The molecule has 4 heteroatoms. The van der Waals surface area contributed by atoms with Gasteiger partial charge in [0.05, 0.1) is 13.0 Å². The van der Waals surface area contributed by atoms with Gasteiger partial charge in [-0.2, -0.15) is 0 Å². The number of rotatable bonds is 5. The highest BCUT2D eigenvalue weighted by Crippen LogP contribution is 2.48. The molecule has 1 saturated carbocycles. The molecule has 0 radical (unpaired) electrons. The van der Waals surface area contributed by atoms with Crippen molar-refractivity contribution in [1.29, 1.82) is 0 Å². The monoisotopic (exact) mass is 394 g/mol. The fourth-order valence-electron chi connectivity index (χ4n) is 4.74. The van der Waals surface area contributed by atoms with Crippen LogP contribution in [0.2, 0.25) is 0 Å². The molecule has 0 saturated heterocycles. The Balaban J connectivity index is 1.63. The number of fused-ring (bicyclic) bond motifs is 1. The number of hydrogen-bond donors (Lipinski definition) is 1. The van der Waals surface area contributed by atoms with Gasteiger partial charge in [-0.05, 0) is 97.4 Å². The van der Waals surface area contributed by atoms with Gasteiger partial charge in [-0.15, -0.1) is 0 Å². The van der Waals surface area contributed by atoms with Crippen molar-refractivity contribution < 1.29 is 19.4 Å². The molecule has 2 aliphatic rings. The first-order chi connectivity index (χ1) is 13.9. The molecule has 0 aromatic heterocycles. The maximum Gasteiger partial charge on any atom is 0.309 e. The van der Waals surface area contributed by atoms with Gasteiger partial charge >= 0.3 is 5.97 Å². The van der Waals surface area contributed by atoms with Gasteiger partial charge in [0.1, 0.15) is 17.6 Å². The molecule has 0 amide bonds. The molecule has 0 spiro atoms. The van der Waals surface area contributed by atoms with Crippen LogP contribution in [0.5, 0.6) is 11.5 Å². The number of aryl methyl sites for hydroxylation is 3. The van der Waals surface area contributed by atoms with E-state index in [-0.39, 0.29) is 23.9 Å². The number of ether oxygens (including phenoxy) is 2. The molecule has 1 fully saturated rings. The van der Waals surface area contributed by atoms with Gasteiger partial charge in [-0.3, -0.25) is 4.79 Å². The van der Waals surface area contributed by atoms with E-state index < -0.39 is 0 Å². The zero-order chi connectivity index (χ0) is 20.7. The highest BCUT2D eigenvalue weighted by molar-refractivity contribution is 5.73. The van der Waals surface area contributed by atoms with Crippen molar-refractivity contribution in [3.63, 3.8) is 0 Å². The quantitative estimate of drug-likeness (QED) is 0.692. The highest BCUT2D eigenvalue weighted by atomic mass is 16.5. The first kappa shape index (κ1) is 19.8. The summed E-state index contributed by atoms with van der Waals surface area (Å²) in [6.45, 7) is 5.91. The van der Waals surface area contributed by atoms with Crippen molar-refractivity contribution in [3.8, 4) is 11.5 Å².